The Morgan fingerprint density at radius 2 is 1.93 bits per heavy atom. The molecule has 1 heterocycles. The van der Waals surface area contributed by atoms with Crippen LogP contribution in [0.15, 0.2) is 59.1 Å². The van der Waals surface area contributed by atoms with Gasteiger partial charge in [0.05, 0.1) is 11.7 Å². The molecule has 1 atom stereocenters. The number of nitrogens with one attached hydrogen (secondary N) is 1. The maximum atomic E-state index is 13.3. The fraction of sp³-hybridized carbons (Fsp3) is 0.190. The van der Waals surface area contributed by atoms with Gasteiger partial charge in [-0.25, -0.2) is 4.39 Å². The van der Waals surface area contributed by atoms with E-state index in [1.165, 1.54) is 18.2 Å². The predicted octanol–water partition coefficient (Wildman–Crippen LogP) is 4.46. The van der Waals surface area contributed by atoms with Crippen LogP contribution in [0.4, 0.5) is 4.39 Å². The highest BCUT2D eigenvalue weighted by molar-refractivity contribution is 9.10. The molecular formula is C21H20BrFN2O2. The number of hydrogen-bond donors (Lipinski definition) is 2. The molecule has 2 N–H and O–H groups in total. The van der Waals surface area contributed by atoms with Crippen LogP contribution in [0.2, 0.25) is 0 Å². The molecule has 0 saturated carbocycles. The Morgan fingerprint density at radius 3 is 2.63 bits per heavy atom. The minimum Gasteiger partial charge on any atom is -0.387 e. The van der Waals surface area contributed by atoms with Gasteiger partial charge >= 0.3 is 0 Å². The number of aliphatic hydroxyl groups is 1. The number of carbonyl (C=O) groups excluding carboxylic acids is 1. The lowest BCUT2D eigenvalue weighted by Crippen LogP contribution is -2.28. The van der Waals surface area contributed by atoms with Gasteiger partial charge < -0.3 is 15.0 Å². The maximum Gasteiger partial charge on any atom is 0.253 e. The summed E-state index contributed by atoms with van der Waals surface area (Å²) in [5.74, 6) is -0.699. The van der Waals surface area contributed by atoms with E-state index in [0.29, 0.717) is 11.1 Å². The number of benzene rings is 2. The quantitative estimate of drug-likeness (QED) is 0.627. The zero-order valence-electron chi connectivity index (χ0n) is 15.0. The average molecular weight is 431 g/mol. The standard InChI is InChI=1S/C21H20BrFN2O2/c1-13-9-19(14(2)25(13)18-8-4-6-16(22)11-18)21(27)24-12-20(26)15-5-3-7-17(23)10-15/h3-11,20,26H,12H2,1-2H3,(H,24,27). The smallest absolute Gasteiger partial charge is 0.253 e. The molecule has 0 radical (unpaired) electrons. The fourth-order valence-electron chi connectivity index (χ4n) is 3.12. The summed E-state index contributed by atoms with van der Waals surface area (Å²) in [5.41, 5.74) is 3.66. The van der Waals surface area contributed by atoms with Crippen LogP contribution in [-0.2, 0) is 0 Å². The molecular weight excluding hydrogens is 411 g/mol. The summed E-state index contributed by atoms with van der Waals surface area (Å²) in [5, 5.41) is 12.9. The van der Waals surface area contributed by atoms with Gasteiger partial charge in [-0.15, -0.1) is 0 Å². The van der Waals surface area contributed by atoms with Crippen molar-refractivity contribution in [2.75, 3.05) is 6.54 Å². The highest BCUT2D eigenvalue weighted by Crippen LogP contribution is 2.23. The molecule has 0 aliphatic rings. The Balaban J connectivity index is 1.77. The van der Waals surface area contributed by atoms with Crippen molar-refractivity contribution in [2.24, 2.45) is 0 Å². The fourth-order valence-corrected chi connectivity index (χ4v) is 3.51. The van der Waals surface area contributed by atoms with Crippen molar-refractivity contribution in [3.8, 4) is 5.69 Å². The average Bonchev–Trinajstić information content (AvgIpc) is 2.93. The summed E-state index contributed by atoms with van der Waals surface area (Å²) in [4.78, 5) is 12.6. The highest BCUT2D eigenvalue weighted by atomic mass is 79.9. The second kappa shape index (κ2) is 8.06. The Hall–Kier alpha value is -2.44. The number of hydrogen-bond acceptors (Lipinski definition) is 2. The van der Waals surface area contributed by atoms with Gasteiger partial charge in [-0.05, 0) is 55.8 Å². The lowest BCUT2D eigenvalue weighted by atomic mass is 10.1. The van der Waals surface area contributed by atoms with Crippen LogP contribution in [0.5, 0.6) is 0 Å². The van der Waals surface area contributed by atoms with Gasteiger partial charge in [0.25, 0.3) is 5.91 Å². The third-order valence-electron chi connectivity index (χ3n) is 4.43. The third kappa shape index (κ3) is 4.28. The first-order valence-electron chi connectivity index (χ1n) is 8.53. The summed E-state index contributed by atoms with van der Waals surface area (Å²) in [6, 6.07) is 15.4. The van der Waals surface area contributed by atoms with Gasteiger partial charge in [0, 0.05) is 28.1 Å². The number of nitrogens with zero attached hydrogens (tertiary/aromatic N) is 1. The largest absolute Gasteiger partial charge is 0.387 e. The number of aryl methyl sites for hydroxylation is 1. The number of aliphatic hydroxyl groups excluding tert-OH is 1. The van der Waals surface area contributed by atoms with Crippen molar-refractivity contribution >= 4 is 21.8 Å². The van der Waals surface area contributed by atoms with Crippen LogP contribution in [0.25, 0.3) is 5.69 Å². The summed E-state index contributed by atoms with van der Waals surface area (Å²) in [6.45, 7) is 3.82. The zero-order chi connectivity index (χ0) is 19.6. The minimum atomic E-state index is -0.974. The van der Waals surface area contributed by atoms with Crippen molar-refractivity contribution in [3.05, 3.63) is 87.4 Å². The molecule has 6 heteroatoms. The molecule has 27 heavy (non-hydrogen) atoms. The second-order valence-corrected chi connectivity index (χ2v) is 7.30. The van der Waals surface area contributed by atoms with Crippen molar-refractivity contribution in [1.82, 2.24) is 9.88 Å². The molecule has 0 saturated heterocycles. The van der Waals surface area contributed by atoms with Gasteiger partial charge in [-0.1, -0.05) is 34.1 Å². The van der Waals surface area contributed by atoms with Crippen LogP contribution in [0.3, 0.4) is 0 Å². The molecule has 0 spiro atoms. The van der Waals surface area contributed by atoms with E-state index >= 15 is 0 Å². The first-order valence-corrected chi connectivity index (χ1v) is 9.32. The van der Waals surface area contributed by atoms with Crippen LogP contribution in [-0.4, -0.2) is 22.1 Å². The lowest BCUT2D eigenvalue weighted by molar-refractivity contribution is 0.0915. The van der Waals surface area contributed by atoms with E-state index in [1.54, 1.807) is 6.07 Å². The molecule has 1 aromatic heterocycles. The van der Waals surface area contributed by atoms with Crippen LogP contribution in [0, 0.1) is 19.7 Å². The molecule has 2 aromatic carbocycles. The molecule has 140 valence electrons. The topological polar surface area (TPSA) is 54.3 Å². The van der Waals surface area contributed by atoms with Gasteiger partial charge in [-0.3, -0.25) is 4.79 Å². The maximum absolute atomic E-state index is 13.3. The molecule has 4 nitrogen and oxygen atoms in total. The number of amides is 1. The Kier molecular flexibility index (Phi) is 5.77. The molecule has 0 fully saturated rings. The van der Waals surface area contributed by atoms with Crippen molar-refractivity contribution in [1.29, 1.82) is 0 Å². The summed E-state index contributed by atoms with van der Waals surface area (Å²) in [7, 11) is 0. The number of rotatable bonds is 5. The van der Waals surface area contributed by atoms with Crippen LogP contribution in [0.1, 0.15) is 33.4 Å². The molecule has 0 aliphatic carbocycles. The Bertz CT molecular complexity index is 984. The normalized spacial score (nSPS) is 12.0. The minimum absolute atomic E-state index is 0.00282. The Labute approximate surface area is 165 Å². The SMILES string of the molecule is Cc1cc(C(=O)NCC(O)c2cccc(F)c2)c(C)n1-c1cccc(Br)c1. The first kappa shape index (κ1) is 19.3. The number of halogens is 2. The van der Waals surface area contributed by atoms with E-state index in [4.69, 9.17) is 0 Å². The molecule has 3 aromatic rings. The zero-order valence-corrected chi connectivity index (χ0v) is 16.6. The van der Waals surface area contributed by atoms with E-state index in [1.807, 2.05) is 48.7 Å². The monoisotopic (exact) mass is 430 g/mol. The van der Waals surface area contributed by atoms with Gasteiger partial charge in [0.1, 0.15) is 5.82 Å². The van der Waals surface area contributed by atoms with Gasteiger partial charge in [0.2, 0.25) is 0 Å². The molecule has 1 amide bonds. The van der Waals surface area contributed by atoms with E-state index in [0.717, 1.165) is 21.5 Å². The van der Waals surface area contributed by atoms with Gasteiger partial charge in [0.15, 0.2) is 0 Å². The third-order valence-corrected chi connectivity index (χ3v) is 4.92. The molecule has 0 aliphatic heterocycles. The molecule has 3 rings (SSSR count). The van der Waals surface area contributed by atoms with Gasteiger partial charge in [-0.2, -0.15) is 0 Å². The summed E-state index contributed by atoms with van der Waals surface area (Å²) in [6.07, 6.45) is -0.974. The van der Waals surface area contributed by atoms with E-state index in [-0.39, 0.29) is 12.5 Å². The molecule has 1 unspecified atom stereocenters. The van der Waals surface area contributed by atoms with Crippen LogP contribution >= 0.6 is 15.9 Å². The van der Waals surface area contributed by atoms with Crippen molar-refractivity contribution in [2.45, 2.75) is 20.0 Å². The lowest BCUT2D eigenvalue weighted by Gasteiger charge is -2.13. The van der Waals surface area contributed by atoms with Crippen molar-refractivity contribution < 1.29 is 14.3 Å². The van der Waals surface area contributed by atoms with E-state index in [9.17, 15) is 14.3 Å². The van der Waals surface area contributed by atoms with Crippen LogP contribution < -0.4 is 5.32 Å². The second-order valence-electron chi connectivity index (χ2n) is 6.38. The number of aromatic nitrogens is 1. The highest BCUT2D eigenvalue weighted by Gasteiger charge is 2.18. The Morgan fingerprint density at radius 1 is 1.19 bits per heavy atom. The van der Waals surface area contributed by atoms with E-state index < -0.39 is 11.9 Å². The molecule has 0 bridgehead atoms. The first-order chi connectivity index (χ1) is 12.9. The van der Waals surface area contributed by atoms with E-state index in [2.05, 4.69) is 21.2 Å². The summed E-state index contributed by atoms with van der Waals surface area (Å²) < 4.78 is 16.2. The number of carbonyl (C=O) groups is 1. The summed E-state index contributed by atoms with van der Waals surface area (Å²) >= 11 is 3.47. The predicted molar refractivity (Wildman–Crippen MR) is 107 cm³/mol. The van der Waals surface area contributed by atoms with Crippen molar-refractivity contribution in [3.63, 3.8) is 0 Å².